The van der Waals surface area contributed by atoms with E-state index in [1.807, 2.05) is 0 Å². The molecule has 0 saturated heterocycles. The molecule has 0 aromatic carbocycles. The molecule has 0 amide bonds. The molecule has 0 aromatic rings. The lowest BCUT2D eigenvalue weighted by Crippen LogP contribution is -2.42. The van der Waals surface area contributed by atoms with Crippen molar-refractivity contribution in [2.24, 2.45) is 11.1 Å². The van der Waals surface area contributed by atoms with E-state index in [9.17, 15) is 4.79 Å². The van der Waals surface area contributed by atoms with Crippen LogP contribution in [0, 0.1) is 16.7 Å². The van der Waals surface area contributed by atoms with Crippen molar-refractivity contribution < 1.29 is 19.0 Å². The molecule has 0 aliphatic rings. The summed E-state index contributed by atoms with van der Waals surface area (Å²) in [7, 11) is 3.11. The van der Waals surface area contributed by atoms with Gasteiger partial charge in [-0.05, 0) is 12.8 Å². The fraction of sp³-hybridized carbons (Fsp3) is 0.818. The van der Waals surface area contributed by atoms with Gasteiger partial charge in [-0.2, -0.15) is 5.26 Å². The number of esters is 1. The molecule has 0 unspecified atom stereocenters. The Morgan fingerprint density at radius 3 is 2.18 bits per heavy atom. The Labute approximate surface area is 102 Å². The van der Waals surface area contributed by atoms with Crippen molar-refractivity contribution in [3.63, 3.8) is 0 Å². The number of ether oxygens (including phenoxy) is 3. The molecule has 6 heteroatoms. The molecule has 0 bridgehead atoms. The van der Waals surface area contributed by atoms with Crippen molar-refractivity contribution in [3.05, 3.63) is 0 Å². The van der Waals surface area contributed by atoms with E-state index in [-0.39, 0.29) is 13.2 Å². The SMILES string of the molecule is COCCC(CN)(CCOC)C(=O)OCC#N. The third kappa shape index (κ3) is 5.13. The van der Waals surface area contributed by atoms with Gasteiger partial charge in [-0.25, -0.2) is 0 Å². The van der Waals surface area contributed by atoms with Crippen molar-refractivity contribution in [1.29, 1.82) is 5.26 Å². The summed E-state index contributed by atoms with van der Waals surface area (Å²) in [6, 6.07) is 1.76. The largest absolute Gasteiger partial charge is 0.450 e. The van der Waals surface area contributed by atoms with Crippen LogP contribution in [0.2, 0.25) is 0 Å². The summed E-state index contributed by atoms with van der Waals surface area (Å²) >= 11 is 0. The number of nitrogens with zero attached hydrogens (tertiary/aromatic N) is 1. The Morgan fingerprint density at radius 2 is 1.82 bits per heavy atom. The number of hydrogen-bond donors (Lipinski definition) is 1. The zero-order chi connectivity index (χ0) is 13.1. The van der Waals surface area contributed by atoms with Gasteiger partial charge in [0.1, 0.15) is 6.07 Å². The van der Waals surface area contributed by atoms with E-state index < -0.39 is 11.4 Å². The predicted octanol–water partition coefficient (Wildman–Crippen LogP) is 0.0713. The van der Waals surface area contributed by atoms with Crippen LogP contribution in [0.25, 0.3) is 0 Å². The number of rotatable bonds is 9. The minimum Gasteiger partial charge on any atom is -0.450 e. The molecular formula is C11H20N2O4. The Morgan fingerprint density at radius 1 is 1.29 bits per heavy atom. The van der Waals surface area contributed by atoms with E-state index in [1.54, 1.807) is 20.3 Å². The summed E-state index contributed by atoms with van der Waals surface area (Å²) in [5.41, 5.74) is 4.84. The van der Waals surface area contributed by atoms with Crippen LogP contribution in [0.3, 0.4) is 0 Å². The zero-order valence-corrected chi connectivity index (χ0v) is 10.4. The quantitative estimate of drug-likeness (QED) is 0.577. The molecule has 0 fully saturated rings. The lowest BCUT2D eigenvalue weighted by Gasteiger charge is -2.29. The summed E-state index contributed by atoms with van der Waals surface area (Å²) < 4.78 is 14.8. The maximum absolute atomic E-state index is 11.9. The number of methoxy groups -OCH3 is 2. The van der Waals surface area contributed by atoms with Crippen LogP contribution < -0.4 is 5.73 Å². The first-order chi connectivity index (χ1) is 8.16. The Kier molecular flexibility index (Phi) is 8.32. The van der Waals surface area contributed by atoms with Gasteiger partial charge in [-0.15, -0.1) is 0 Å². The van der Waals surface area contributed by atoms with E-state index in [2.05, 4.69) is 0 Å². The summed E-state index contributed by atoms with van der Waals surface area (Å²) in [5, 5.41) is 8.40. The van der Waals surface area contributed by atoms with Gasteiger partial charge in [0, 0.05) is 34.0 Å². The van der Waals surface area contributed by atoms with Crippen LogP contribution in [0.15, 0.2) is 0 Å². The molecule has 0 atom stereocenters. The van der Waals surface area contributed by atoms with Crippen molar-refractivity contribution in [1.82, 2.24) is 0 Å². The molecule has 0 aliphatic carbocycles. The highest BCUT2D eigenvalue weighted by Crippen LogP contribution is 2.27. The average molecular weight is 244 g/mol. The maximum atomic E-state index is 11.9. The van der Waals surface area contributed by atoms with Crippen molar-refractivity contribution in [2.45, 2.75) is 12.8 Å². The third-order valence-electron chi connectivity index (χ3n) is 2.66. The summed E-state index contributed by atoms with van der Waals surface area (Å²) in [6.45, 7) is 0.690. The normalized spacial score (nSPS) is 10.9. The lowest BCUT2D eigenvalue weighted by molar-refractivity contribution is -0.156. The zero-order valence-electron chi connectivity index (χ0n) is 10.4. The monoisotopic (exact) mass is 244 g/mol. The molecule has 0 aliphatic heterocycles. The molecule has 0 rings (SSSR count). The van der Waals surface area contributed by atoms with E-state index >= 15 is 0 Å². The Hall–Kier alpha value is -1.16. The van der Waals surface area contributed by atoms with Crippen LogP contribution in [0.1, 0.15) is 12.8 Å². The second-order valence-electron chi connectivity index (χ2n) is 3.70. The fourth-order valence-corrected chi connectivity index (χ4v) is 1.46. The van der Waals surface area contributed by atoms with Gasteiger partial charge < -0.3 is 19.9 Å². The van der Waals surface area contributed by atoms with Crippen LogP contribution in [0.5, 0.6) is 0 Å². The van der Waals surface area contributed by atoms with E-state index in [1.165, 1.54) is 0 Å². The smallest absolute Gasteiger partial charge is 0.314 e. The molecule has 2 N–H and O–H groups in total. The number of nitrogens with two attached hydrogens (primary N) is 1. The first kappa shape index (κ1) is 15.8. The lowest BCUT2D eigenvalue weighted by atomic mass is 9.81. The summed E-state index contributed by atoms with van der Waals surface area (Å²) in [6.07, 6.45) is 0.904. The van der Waals surface area contributed by atoms with Crippen LogP contribution in [-0.2, 0) is 19.0 Å². The molecule has 0 radical (unpaired) electrons. The summed E-state index contributed by atoms with van der Waals surface area (Å²) in [4.78, 5) is 11.9. The van der Waals surface area contributed by atoms with Crippen LogP contribution in [0.4, 0.5) is 0 Å². The molecule has 6 nitrogen and oxygen atoms in total. The van der Waals surface area contributed by atoms with Crippen molar-refractivity contribution >= 4 is 5.97 Å². The first-order valence-corrected chi connectivity index (χ1v) is 5.39. The van der Waals surface area contributed by atoms with Gasteiger partial charge in [0.25, 0.3) is 0 Å². The van der Waals surface area contributed by atoms with E-state index in [4.69, 9.17) is 25.2 Å². The standard InChI is InChI=1S/C11H20N2O4/c1-15-6-3-11(9-13,4-7-16-2)10(14)17-8-5-12/h3-4,6-9,13H2,1-2H3. The molecule has 0 saturated carbocycles. The van der Waals surface area contributed by atoms with Gasteiger partial charge >= 0.3 is 5.97 Å². The molecule has 0 heterocycles. The van der Waals surface area contributed by atoms with Gasteiger partial charge in [0.2, 0.25) is 0 Å². The molecular weight excluding hydrogens is 224 g/mol. The van der Waals surface area contributed by atoms with Crippen molar-refractivity contribution in [3.8, 4) is 6.07 Å². The first-order valence-electron chi connectivity index (χ1n) is 5.39. The van der Waals surface area contributed by atoms with E-state index in [0.29, 0.717) is 26.1 Å². The second-order valence-corrected chi connectivity index (χ2v) is 3.70. The minimum atomic E-state index is -0.830. The van der Waals surface area contributed by atoms with Crippen LogP contribution >= 0.6 is 0 Å². The number of carbonyl (C=O) groups is 1. The van der Waals surface area contributed by atoms with Gasteiger partial charge in [-0.1, -0.05) is 0 Å². The topological polar surface area (TPSA) is 94.6 Å². The Bertz CT molecular complexity index is 255. The summed E-state index contributed by atoms with van der Waals surface area (Å²) in [5.74, 6) is -0.462. The molecule has 0 aromatic heterocycles. The second kappa shape index (κ2) is 8.93. The maximum Gasteiger partial charge on any atom is 0.314 e. The molecule has 17 heavy (non-hydrogen) atoms. The van der Waals surface area contributed by atoms with Crippen molar-refractivity contribution in [2.75, 3.05) is 40.6 Å². The number of hydrogen-bond acceptors (Lipinski definition) is 6. The highest BCUT2D eigenvalue weighted by molar-refractivity contribution is 5.77. The number of nitriles is 1. The molecule has 98 valence electrons. The third-order valence-corrected chi connectivity index (χ3v) is 2.66. The van der Waals surface area contributed by atoms with Gasteiger partial charge in [0.15, 0.2) is 6.61 Å². The molecule has 0 spiro atoms. The fourth-order valence-electron chi connectivity index (χ4n) is 1.46. The Balaban J connectivity index is 4.63. The van der Waals surface area contributed by atoms with Crippen LogP contribution in [-0.4, -0.2) is 46.6 Å². The van der Waals surface area contributed by atoms with Gasteiger partial charge in [-0.3, -0.25) is 4.79 Å². The minimum absolute atomic E-state index is 0.143. The highest BCUT2D eigenvalue weighted by Gasteiger charge is 2.38. The van der Waals surface area contributed by atoms with Gasteiger partial charge in [0.05, 0.1) is 5.41 Å². The number of carbonyl (C=O) groups excluding carboxylic acids is 1. The predicted molar refractivity (Wildman–Crippen MR) is 61.0 cm³/mol. The van der Waals surface area contributed by atoms with E-state index in [0.717, 1.165) is 0 Å². The highest BCUT2D eigenvalue weighted by atomic mass is 16.5. The average Bonchev–Trinajstić information content (AvgIpc) is 2.37.